The highest BCUT2D eigenvalue weighted by Gasteiger charge is 2.31. The fourth-order valence-corrected chi connectivity index (χ4v) is 1.91. The molecule has 0 bridgehead atoms. The van der Waals surface area contributed by atoms with Gasteiger partial charge in [-0.05, 0) is 18.2 Å². The van der Waals surface area contributed by atoms with Gasteiger partial charge in [0.05, 0.1) is 16.3 Å². The van der Waals surface area contributed by atoms with Gasteiger partial charge in [0.2, 0.25) is 0 Å². The van der Waals surface area contributed by atoms with Crippen LogP contribution in [0.1, 0.15) is 16.1 Å². The molecule has 0 fully saturated rings. The van der Waals surface area contributed by atoms with Crippen molar-refractivity contribution in [2.75, 3.05) is 11.9 Å². The zero-order chi connectivity index (χ0) is 17.7. The lowest BCUT2D eigenvalue weighted by Gasteiger charge is -2.12. The molecule has 0 atom stereocenters. The molecule has 5 nitrogen and oxygen atoms in total. The van der Waals surface area contributed by atoms with Crippen LogP contribution in [0, 0.1) is 0 Å². The lowest BCUT2D eigenvalue weighted by Crippen LogP contribution is -2.24. The van der Waals surface area contributed by atoms with Gasteiger partial charge in [0.1, 0.15) is 17.8 Å². The second-order valence-electron chi connectivity index (χ2n) is 4.60. The second kappa shape index (κ2) is 7.31. The number of halogens is 4. The maximum absolute atomic E-state index is 12.8. The first-order valence-corrected chi connectivity index (χ1v) is 7.04. The van der Waals surface area contributed by atoms with Crippen molar-refractivity contribution in [3.8, 4) is 0 Å². The fourth-order valence-electron chi connectivity index (χ4n) is 1.74. The molecule has 0 saturated carbocycles. The summed E-state index contributed by atoms with van der Waals surface area (Å²) in [5.41, 5.74) is -0.785. The number of nitrogens with zero attached hydrogens (tertiary/aromatic N) is 2. The molecule has 0 radical (unpaired) electrons. The quantitative estimate of drug-likeness (QED) is 0.799. The number of benzene rings is 1. The van der Waals surface area contributed by atoms with E-state index >= 15 is 0 Å². The maximum Gasteiger partial charge on any atom is 0.416 e. The zero-order valence-corrected chi connectivity index (χ0v) is 12.9. The van der Waals surface area contributed by atoms with E-state index in [-0.39, 0.29) is 28.8 Å². The van der Waals surface area contributed by atoms with Gasteiger partial charge in [-0.3, -0.25) is 4.79 Å². The molecule has 0 unspecified atom stereocenters. The third-order valence-electron chi connectivity index (χ3n) is 2.86. The van der Waals surface area contributed by atoms with E-state index in [9.17, 15) is 18.0 Å². The predicted octanol–water partition coefficient (Wildman–Crippen LogP) is 3.81. The second-order valence-corrected chi connectivity index (χ2v) is 5.01. The number of rotatable bonds is 5. The number of amides is 1. The first kappa shape index (κ1) is 17.7. The summed E-state index contributed by atoms with van der Waals surface area (Å²) in [5, 5.41) is 5.27. The molecule has 9 heteroatoms. The Labute approximate surface area is 140 Å². The van der Waals surface area contributed by atoms with Gasteiger partial charge in [-0.1, -0.05) is 17.7 Å². The van der Waals surface area contributed by atoms with Crippen molar-refractivity contribution < 1.29 is 18.0 Å². The van der Waals surface area contributed by atoms with Crippen LogP contribution in [-0.4, -0.2) is 22.4 Å². The van der Waals surface area contributed by atoms with Gasteiger partial charge in [0.25, 0.3) is 5.91 Å². The number of carbonyl (C=O) groups is 1. The molecule has 1 amide bonds. The largest absolute Gasteiger partial charge is 0.416 e. The van der Waals surface area contributed by atoms with E-state index in [1.807, 2.05) is 0 Å². The monoisotopic (exact) mass is 356 g/mol. The van der Waals surface area contributed by atoms with Crippen LogP contribution >= 0.6 is 11.6 Å². The number of hydrogen-bond acceptors (Lipinski definition) is 4. The number of aromatic nitrogens is 2. The van der Waals surface area contributed by atoms with E-state index in [4.69, 9.17) is 11.6 Å². The zero-order valence-electron chi connectivity index (χ0n) is 12.2. The van der Waals surface area contributed by atoms with Gasteiger partial charge in [0, 0.05) is 12.6 Å². The smallest absolute Gasteiger partial charge is 0.347 e. The van der Waals surface area contributed by atoms with Crippen LogP contribution in [0.4, 0.5) is 24.7 Å². The van der Waals surface area contributed by atoms with Crippen LogP contribution in [0.15, 0.2) is 43.2 Å². The molecule has 1 aromatic heterocycles. The highest BCUT2D eigenvalue weighted by Crippen LogP contribution is 2.34. The van der Waals surface area contributed by atoms with Crippen molar-refractivity contribution in [2.45, 2.75) is 6.18 Å². The first-order chi connectivity index (χ1) is 11.3. The summed E-state index contributed by atoms with van der Waals surface area (Å²) in [4.78, 5) is 19.5. The van der Waals surface area contributed by atoms with E-state index in [0.29, 0.717) is 0 Å². The van der Waals surface area contributed by atoms with E-state index in [1.54, 1.807) is 0 Å². The molecule has 1 heterocycles. The molecule has 1 aromatic carbocycles. The van der Waals surface area contributed by atoms with Crippen molar-refractivity contribution in [1.82, 2.24) is 15.3 Å². The van der Waals surface area contributed by atoms with Crippen LogP contribution in [0.5, 0.6) is 0 Å². The Kier molecular flexibility index (Phi) is 5.40. The summed E-state index contributed by atoms with van der Waals surface area (Å²) < 4.78 is 38.3. The minimum Gasteiger partial charge on any atom is -0.347 e. The number of alkyl halides is 3. The molecule has 0 saturated heterocycles. The minimum absolute atomic E-state index is 0.0163. The van der Waals surface area contributed by atoms with Gasteiger partial charge in [0.15, 0.2) is 0 Å². The van der Waals surface area contributed by atoms with Crippen molar-refractivity contribution in [3.63, 3.8) is 0 Å². The summed E-state index contributed by atoms with van der Waals surface area (Å²) in [5.74, 6) is -0.328. The van der Waals surface area contributed by atoms with Gasteiger partial charge in [-0.15, -0.1) is 6.58 Å². The van der Waals surface area contributed by atoms with Crippen LogP contribution in [-0.2, 0) is 6.18 Å². The Balaban J connectivity index is 2.25. The Hall–Kier alpha value is -2.61. The summed E-state index contributed by atoms with van der Waals surface area (Å²) in [7, 11) is 0. The molecule has 2 rings (SSSR count). The molecule has 0 aliphatic rings. The Morgan fingerprint density at radius 1 is 1.29 bits per heavy atom. The van der Waals surface area contributed by atoms with Gasteiger partial charge < -0.3 is 10.6 Å². The Bertz CT molecular complexity index is 765. The lowest BCUT2D eigenvalue weighted by molar-refractivity contribution is -0.137. The molecule has 2 N–H and O–H groups in total. The predicted molar refractivity (Wildman–Crippen MR) is 84.3 cm³/mol. The summed E-state index contributed by atoms with van der Waals surface area (Å²) in [6.45, 7) is 3.73. The third-order valence-corrected chi connectivity index (χ3v) is 3.19. The molecule has 24 heavy (non-hydrogen) atoms. The topological polar surface area (TPSA) is 66.9 Å². The number of hydrogen-bond donors (Lipinski definition) is 2. The molecular weight excluding hydrogens is 345 g/mol. The van der Waals surface area contributed by atoms with Crippen LogP contribution < -0.4 is 10.6 Å². The highest BCUT2D eigenvalue weighted by molar-refractivity contribution is 6.33. The Morgan fingerprint density at radius 3 is 2.71 bits per heavy atom. The molecule has 126 valence electrons. The van der Waals surface area contributed by atoms with Crippen molar-refractivity contribution in [3.05, 3.63) is 59.5 Å². The fraction of sp³-hybridized carbons (Fsp3) is 0.133. The maximum atomic E-state index is 12.8. The number of carbonyl (C=O) groups excluding carboxylic acids is 1. The van der Waals surface area contributed by atoms with Crippen molar-refractivity contribution in [2.24, 2.45) is 0 Å². The number of anilines is 2. The van der Waals surface area contributed by atoms with Gasteiger partial charge >= 0.3 is 6.18 Å². The van der Waals surface area contributed by atoms with E-state index in [1.165, 1.54) is 12.1 Å². The molecule has 0 spiro atoms. The van der Waals surface area contributed by atoms with Gasteiger partial charge in [-0.2, -0.15) is 13.2 Å². The summed E-state index contributed by atoms with van der Waals surface area (Å²) in [6, 6.07) is 4.17. The van der Waals surface area contributed by atoms with E-state index < -0.39 is 17.6 Å². The molecular formula is C15H12ClF3N4O. The summed E-state index contributed by atoms with van der Waals surface area (Å²) >= 11 is 5.90. The van der Waals surface area contributed by atoms with E-state index in [0.717, 1.165) is 24.5 Å². The average Bonchev–Trinajstić information content (AvgIpc) is 2.54. The highest BCUT2D eigenvalue weighted by atomic mass is 35.5. The minimum atomic E-state index is -4.50. The van der Waals surface area contributed by atoms with Crippen molar-refractivity contribution >= 4 is 29.0 Å². The number of nitrogens with one attached hydrogen (secondary N) is 2. The van der Waals surface area contributed by atoms with E-state index in [2.05, 4.69) is 27.2 Å². The van der Waals surface area contributed by atoms with Gasteiger partial charge in [-0.25, -0.2) is 9.97 Å². The average molecular weight is 357 g/mol. The lowest BCUT2D eigenvalue weighted by atomic mass is 10.2. The van der Waals surface area contributed by atoms with Crippen molar-refractivity contribution in [1.29, 1.82) is 0 Å². The molecule has 0 aliphatic heterocycles. The first-order valence-electron chi connectivity index (χ1n) is 6.66. The van der Waals surface area contributed by atoms with Crippen LogP contribution in [0.2, 0.25) is 5.02 Å². The normalized spacial score (nSPS) is 11.0. The standard InChI is InChI=1S/C15H12ClF3N4O/c1-2-5-20-14(24)12-7-13(22-8-21-12)23-11-6-9(15(17,18)19)3-4-10(11)16/h2-4,6-8H,1,5H2,(H,20,24)(H,21,22,23). The summed E-state index contributed by atoms with van der Waals surface area (Å²) in [6.07, 6.45) is -1.88. The SMILES string of the molecule is C=CCNC(=O)c1cc(Nc2cc(C(F)(F)F)ccc2Cl)ncn1. The molecule has 2 aromatic rings. The van der Waals surface area contributed by atoms with Crippen LogP contribution in [0.3, 0.4) is 0 Å². The third kappa shape index (κ3) is 4.45. The van der Waals surface area contributed by atoms with Crippen LogP contribution in [0.25, 0.3) is 0 Å². The Morgan fingerprint density at radius 2 is 2.04 bits per heavy atom. The molecule has 0 aliphatic carbocycles.